The van der Waals surface area contributed by atoms with Crippen molar-refractivity contribution < 1.29 is 28.4 Å². The molecule has 0 amide bonds. The van der Waals surface area contributed by atoms with Gasteiger partial charge in [-0.15, -0.1) is 0 Å². The second-order valence-corrected chi connectivity index (χ2v) is 17.8. The van der Waals surface area contributed by atoms with E-state index in [1.165, 1.54) is 89.9 Å². The van der Waals surface area contributed by atoms with Crippen LogP contribution in [0.4, 0.5) is 0 Å². The Balaban J connectivity index is 1.18. The maximum absolute atomic E-state index is 6.95. The molecular formula is C56H74O6. The molecule has 1 unspecified atom stereocenters. The maximum atomic E-state index is 6.95. The Hall–Kier alpha value is -4.26. The van der Waals surface area contributed by atoms with Gasteiger partial charge in [-0.3, -0.25) is 0 Å². The average molecular weight is 843 g/mol. The van der Waals surface area contributed by atoms with E-state index in [2.05, 4.69) is 98.8 Å². The third-order valence-electron chi connectivity index (χ3n) is 12.8. The van der Waals surface area contributed by atoms with Gasteiger partial charge >= 0.3 is 0 Å². The summed E-state index contributed by atoms with van der Waals surface area (Å²) in [7, 11) is 0. The van der Waals surface area contributed by atoms with Crippen LogP contribution in [0.2, 0.25) is 0 Å². The molecule has 7 rings (SSSR count). The summed E-state index contributed by atoms with van der Waals surface area (Å²) < 4.78 is 37.7. The van der Waals surface area contributed by atoms with E-state index in [0.717, 1.165) is 125 Å². The molecule has 0 N–H and O–H groups in total. The van der Waals surface area contributed by atoms with E-state index in [-0.39, 0.29) is 12.2 Å². The lowest BCUT2D eigenvalue weighted by molar-refractivity contribution is 0.00744. The molecule has 0 radical (unpaired) electrons. The Morgan fingerprint density at radius 2 is 0.855 bits per heavy atom. The molecule has 2 heterocycles. The van der Waals surface area contributed by atoms with Crippen LogP contribution >= 0.6 is 0 Å². The molecule has 0 bridgehead atoms. The van der Waals surface area contributed by atoms with Gasteiger partial charge < -0.3 is 28.4 Å². The largest absolute Gasteiger partial charge is 0.492 e. The van der Waals surface area contributed by atoms with E-state index in [4.69, 9.17) is 28.4 Å². The van der Waals surface area contributed by atoms with Crippen LogP contribution in [0.25, 0.3) is 43.8 Å². The molecule has 5 aromatic carbocycles. The van der Waals surface area contributed by atoms with E-state index >= 15 is 0 Å². The van der Waals surface area contributed by atoms with E-state index in [9.17, 15) is 0 Å². The van der Waals surface area contributed by atoms with Crippen molar-refractivity contribution in [3.63, 3.8) is 0 Å². The lowest BCUT2D eigenvalue weighted by atomic mass is 9.94. The summed E-state index contributed by atoms with van der Waals surface area (Å²) in [6, 6.07) is 30.8. The molecule has 334 valence electrons. The number of fused-ring (bicyclic) bond motifs is 2. The maximum Gasteiger partial charge on any atom is 0.135 e. The summed E-state index contributed by atoms with van der Waals surface area (Å²) in [5.74, 6) is 3.70. The second-order valence-electron chi connectivity index (χ2n) is 17.8. The number of rotatable bonds is 26. The van der Waals surface area contributed by atoms with Crippen LogP contribution in [0.5, 0.6) is 23.0 Å². The van der Waals surface area contributed by atoms with Crippen LogP contribution < -0.4 is 18.9 Å². The normalized spacial score (nSPS) is 15.9. The second kappa shape index (κ2) is 25.1. The molecular weight excluding hydrogens is 769 g/mol. The zero-order valence-corrected chi connectivity index (χ0v) is 38.1. The summed E-state index contributed by atoms with van der Waals surface area (Å²) >= 11 is 0. The topological polar surface area (TPSA) is 55.4 Å². The molecule has 2 aliphatic heterocycles. The van der Waals surface area contributed by atoms with Crippen molar-refractivity contribution in [1.82, 2.24) is 0 Å². The summed E-state index contributed by atoms with van der Waals surface area (Å²) in [4.78, 5) is 0. The Morgan fingerprint density at radius 3 is 1.31 bits per heavy atom. The highest BCUT2D eigenvalue weighted by atomic mass is 16.5. The first-order chi connectivity index (χ1) is 30.7. The monoisotopic (exact) mass is 843 g/mol. The fraction of sp³-hybridized carbons (Fsp3) is 0.536. The van der Waals surface area contributed by atoms with Gasteiger partial charge in [0.1, 0.15) is 35.2 Å². The summed E-state index contributed by atoms with van der Waals surface area (Å²) in [5.41, 5.74) is 4.60. The molecule has 0 aromatic heterocycles. The van der Waals surface area contributed by atoms with Gasteiger partial charge in [0.05, 0.1) is 33.0 Å². The van der Waals surface area contributed by atoms with Crippen molar-refractivity contribution >= 4 is 21.5 Å². The highest BCUT2D eigenvalue weighted by Gasteiger charge is 2.20. The molecule has 2 fully saturated rings. The fourth-order valence-electron chi connectivity index (χ4n) is 9.08. The van der Waals surface area contributed by atoms with Crippen molar-refractivity contribution in [2.75, 3.05) is 39.6 Å². The molecule has 2 aliphatic rings. The Kier molecular flexibility index (Phi) is 18.6. The van der Waals surface area contributed by atoms with Gasteiger partial charge in [-0.1, -0.05) is 140 Å². The summed E-state index contributed by atoms with van der Waals surface area (Å²) in [6.45, 7) is 8.97. The van der Waals surface area contributed by atoms with E-state index in [1.54, 1.807) is 0 Å². The predicted octanol–water partition coefficient (Wildman–Crippen LogP) is 15.5. The van der Waals surface area contributed by atoms with Gasteiger partial charge in [0.25, 0.3) is 0 Å². The minimum atomic E-state index is 0.115. The first kappa shape index (κ1) is 45.8. The lowest BCUT2D eigenvalue weighted by Crippen LogP contribution is -2.27. The number of ether oxygens (including phenoxy) is 6. The molecule has 1 atom stereocenters. The van der Waals surface area contributed by atoms with Gasteiger partial charge in [-0.25, -0.2) is 0 Å². The van der Waals surface area contributed by atoms with Crippen LogP contribution in [0.1, 0.15) is 142 Å². The van der Waals surface area contributed by atoms with Crippen molar-refractivity contribution in [3.8, 4) is 45.3 Å². The average Bonchev–Trinajstić information content (AvgIpc) is 3.31. The van der Waals surface area contributed by atoms with E-state index in [0.29, 0.717) is 19.8 Å². The number of hydrogen-bond acceptors (Lipinski definition) is 6. The van der Waals surface area contributed by atoms with Gasteiger partial charge in [0.15, 0.2) is 0 Å². The number of benzene rings is 5. The zero-order chi connectivity index (χ0) is 42.6. The van der Waals surface area contributed by atoms with Gasteiger partial charge in [-0.05, 0) is 96.5 Å². The van der Waals surface area contributed by atoms with E-state index < -0.39 is 0 Å². The van der Waals surface area contributed by atoms with Crippen molar-refractivity contribution in [1.29, 1.82) is 0 Å². The van der Waals surface area contributed by atoms with Gasteiger partial charge in [0, 0.05) is 41.0 Å². The molecule has 0 saturated carbocycles. The minimum Gasteiger partial charge on any atom is -0.492 e. The quantitative estimate of drug-likeness (QED) is 0.0408. The fourth-order valence-corrected chi connectivity index (χ4v) is 9.08. The van der Waals surface area contributed by atoms with Crippen molar-refractivity contribution in [3.05, 3.63) is 84.9 Å². The summed E-state index contributed by atoms with van der Waals surface area (Å²) in [6.07, 6.45) is 24.5. The Morgan fingerprint density at radius 1 is 0.419 bits per heavy atom. The van der Waals surface area contributed by atoms with Crippen molar-refractivity contribution in [2.24, 2.45) is 0 Å². The van der Waals surface area contributed by atoms with Crippen LogP contribution in [0.15, 0.2) is 84.9 Å². The van der Waals surface area contributed by atoms with Crippen LogP contribution in [-0.2, 0) is 9.47 Å². The third kappa shape index (κ3) is 13.4. The molecule has 6 nitrogen and oxygen atoms in total. The first-order valence-corrected chi connectivity index (χ1v) is 24.7. The SMILES string of the molecule is CCCCCCCCCCOc1c2ccc(-c3ccc(OC4CCCOC4)cc3)cc2c(OCCCCCCCCCC)c2ccc(-c3ccc(OC4CCOCC4)cc3)cc12. The summed E-state index contributed by atoms with van der Waals surface area (Å²) in [5, 5.41) is 4.40. The standard InChI is InChI=1S/C56H74O6/c1-3-5-7-9-11-13-15-17-36-59-55-52-32-26-46(44-23-29-48(30-24-44)62-50-20-19-35-58-42-50)41-54(52)56(60-37-18-16-14-12-10-8-6-4-2)51-31-25-45(40-53(51)55)43-21-27-47(28-22-43)61-49-33-38-57-39-34-49/h21-32,40-41,49-50H,3-20,33-39,42H2,1-2H3. The smallest absolute Gasteiger partial charge is 0.135 e. The molecule has 6 heteroatoms. The van der Waals surface area contributed by atoms with Gasteiger partial charge in [0.2, 0.25) is 0 Å². The number of hydrogen-bond donors (Lipinski definition) is 0. The van der Waals surface area contributed by atoms with Gasteiger partial charge in [-0.2, -0.15) is 0 Å². The molecule has 2 saturated heterocycles. The first-order valence-electron chi connectivity index (χ1n) is 24.7. The predicted molar refractivity (Wildman–Crippen MR) is 257 cm³/mol. The Labute approximate surface area is 373 Å². The minimum absolute atomic E-state index is 0.115. The molecule has 62 heavy (non-hydrogen) atoms. The van der Waals surface area contributed by atoms with Crippen LogP contribution in [-0.4, -0.2) is 51.8 Å². The lowest BCUT2D eigenvalue weighted by Gasteiger charge is -2.23. The van der Waals surface area contributed by atoms with E-state index in [1.807, 2.05) is 0 Å². The van der Waals surface area contributed by atoms with Crippen LogP contribution in [0, 0.1) is 0 Å². The molecule has 0 spiro atoms. The van der Waals surface area contributed by atoms with Crippen molar-refractivity contribution in [2.45, 2.75) is 154 Å². The third-order valence-corrected chi connectivity index (χ3v) is 12.8. The Bertz CT molecular complexity index is 1900. The zero-order valence-electron chi connectivity index (χ0n) is 38.1. The molecule has 5 aromatic rings. The molecule has 0 aliphatic carbocycles. The number of unbranched alkanes of at least 4 members (excludes halogenated alkanes) is 14. The highest BCUT2D eigenvalue weighted by Crippen LogP contribution is 2.46. The highest BCUT2D eigenvalue weighted by molar-refractivity contribution is 6.12. The van der Waals surface area contributed by atoms with Crippen LogP contribution in [0.3, 0.4) is 0 Å².